The minimum absolute atomic E-state index is 0.125. The molecule has 0 fully saturated rings. The Morgan fingerprint density at radius 1 is 1.03 bits per heavy atom. The third-order valence-electron chi connectivity index (χ3n) is 7.27. The third-order valence-corrected chi connectivity index (χ3v) is 7.27. The molecular formula is C29H20FN7O2. The number of rotatable bonds is 4. The van der Waals surface area contributed by atoms with E-state index in [0.29, 0.717) is 17.8 Å². The maximum Gasteiger partial charge on any atom is 0.434 e. The van der Waals surface area contributed by atoms with Gasteiger partial charge in [0, 0.05) is 10.9 Å². The van der Waals surface area contributed by atoms with Gasteiger partial charge in [-0.15, -0.1) is 5.10 Å². The first kappa shape index (κ1) is 22.9. The maximum absolute atomic E-state index is 13.5. The van der Waals surface area contributed by atoms with Gasteiger partial charge in [-0.3, -0.25) is 5.32 Å². The Labute approximate surface area is 220 Å². The molecule has 1 aliphatic rings. The van der Waals surface area contributed by atoms with Gasteiger partial charge in [0.25, 0.3) is 0 Å². The standard InChI is InChI=1S/C29H20FN7O2/c30-19-11-7-17(8-12-19)24-15-32-26(34-24)23-13-21-20-3-1-2-4-22(20)33-25(21)29(35-23,27-36-37-28(38)39-27)18-9-5-16(14-31)6-10-18/h1-12,15,23,33,35H,13H2,(H,32,34)(H,37,38)/t23-,29?/m1/s1. The molecule has 7 rings (SSSR count). The summed E-state index contributed by atoms with van der Waals surface area (Å²) in [5, 5.41) is 20.8. The lowest BCUT2D eigenvalue weighted by Gasteiger charge is -2.39. The molecule has 1 unspecified atom stereocenters. The quantitative estimate of drug-likeness (QED) is 0.273. The van der Waals surface area contributed by atoms with Crippen LogP contribution in [0.2, 0.25) is 0 Å². The second kappa shape index (κ2) is 8.65. The number of hydrogen-bond donors (Lipinski definition) is 4. The number of benzene rings is 3. The van der Waals surface area contributed by atoms with Crippen LogP contribution in [0.5, 0.6) is 0 Å². The second-order valence-corrected chi connectivity index (χ2v) is 9.47. The van der Waals surface area contributed by atoms with Gasteiger partial charge in [-0.2, -0.15) is 5.26 Å². The molecular weight excluding hydrogens is 497 g/mol. The number of aromatic amines is 3. The van der Waals surface area contributed by atoms with E-state index in [1.165, 1.54) is 12.1 Å². The summed E-state index contributed by atoms with van der Waals surface area (Å²) in [5.74, 6) is -0.218. The highest BCUT2D eigenvalue weighted by Gasteiger charge is 2.50. The summed E-state index contributed by atoms with van der Waals surface area (Å²) >= 11 is 0. The highest BCUT2D eigenvalue weighted by atomic mass is 19.1. The SMILES string of the molecule is N#Cc1ccc(C2(c3n[nH]c(=O)o3)N[C@@H](c3ncc(-c4ccc(F)cc4)[nH]3)Cc3c2[nH]c2ccccc32)cc1. The van der Waals surface area contributed by atoms with Crippen molar-refractivity contribution in [3.05, 3.63) is 129 Å². The minimum atomic E-state index is -1.22. The van der Waals surface area contributed by atoms with Crippen LogP contribution >= 0.6 is 0 Å². The van der Waals surface area contributed by atoms with Crippen LogP contribution in [0.4, 0.5) is 4.39 Å². The molecule has 4 N–H and O–H groups in total. The van der Waals surface area contributed by atoms with Crippen LogP contribution in [0.25, 0.3) is 22.2 Å². The predicted molar refractivity (Wildman–Crippen MR) is 140 cm³/mol. The van der Waals surface area contributed by atoms with E-state index < -0.39 is 11.3 Å². The van der Waals surface area contributed by atoms with Crippen LogP contribution in [0, 0.1) is 17.1 Å². The summed E-state index contributed by atoms with van der Waals surface area (Å²) < 4.78 is 19.1. The first-order chi connectivity index (χ1) is 19.0. The van der Waals surface area contributed by atoms with Crippen molar-refractivity contribution in [3.63, 3.8) is 0 Å². The normalized spacial score (nSPS) is 18.6. The third kappa shape index (κ3) is 3.59. The molecule has 3 aromatic heterocycles. The number of nitriles is 1. The predicted octanol–water partition coefficient (Wildman–Crippen LogP) is 4.42. The zero-order valence-electron chi connectivity index (χ0n) is 20.3. The van der Waals surface area contributed by atoms with Gasteiger partial charge >= 0.3 is 5.76 Å². The zero-order valence-corrected chi connectivity index (χ0v) is 20.3. The van der Waals surface area contributed by atoms with Crippen molar-refractivity contribution >= 4 is 10.9 Å². The van der Waals surface area contributed by atoms with Crippen LogP contribution in [0.3, 0.4) is 0 Å². The molecule has 39 heavy (non-hydrogen) atoms. The first-order valence-corrected chi connectivity index (χ1v) is 12.3. The molecule has 0 saturated carbocycles. The summed E-state index contributed by atoms with van der Waals surface area (Å²) in [6.45, 7) is 0. The fraction of sp³-hybridized carbons (Fsp3) is 0.103. The highest BCUT2D eigenvalue weighted by molar-refractivity contribution is 5.86. The van der Waals surface area contributed by atoms with Crippen LogP contribution in [-0.2, 0) is 12.0 Å². The van der Waals surface area contributed by atoms with Crippen molar-refractivity contribution in [1.29, 1.82) is 5.26 Å². The lowest BCUT2D eigenvalue weighted by Crippen LogP contribution is -2.51. The zero-order chi connectivity index (χ0) is 26.6. The van der Waals surface area contributed by atoms with Gasteiger partial charge in [-0.1, -0.05) is 30.3 Å². The topological polar surface area (TPSA) is 139 Å². The number of hydrogen-bond acceptors (Lipinski definition) is 6. The smallest absolute Gasteiger partial charge is 0.390 e. The number of nitrogens with zero attached hydrogens (tertiary/aromatic N) is 3. The van der Waals surface area contributed by atoms with E-state index >= 15 is 0 Å². The fourth-order valence-corrected chi connectivity index (χ4v) is 5.48. The summed E-state index contributed by atoms with van der Waals surface area (Å²) in [5.41, 5.74) is 4.27. The molecule has 2 atom stereocenters. The van der Waals surface area contributed by atoms with Crippen molar-refractivity contribution in [2.75, 3.05) is 0 Å². The summed E-state index contributed by atoms with van der Waals surface area (Å²) in [6.07, 6.45) is 2.29. The average Bonchev–Trinajstić information content (AvgIpc) is 3.72. The summed E-state index contributed by atoms with van der Waals surface area (Å²) in [6, 6.07) is 23.0. The van der Waals surface area contributed by atoms with Gasteiger partial charge < -0.3 is 14.4 Å². The van der Waals surface area contributed by atoms with Crippen molar-refractivity contribution < 1.29 is 8.81 Å². The molecule has 1 aliphatic heterocycles. The van der Waals surface area contributed by atoms with Crippen LogP contribution in [0.15, 0.2) is 88.2 Å². The van der Waals surface area contributed by atoms with Gasteiger partial charge in [0.1, 0.15) is 11.6 Å². The van der Waals surface area contributed by atoms with E-state index in [2.05, 4.69) is 36.5 Å². The Balaban J connectivity index is 1.45. The van der Waals surface area contributed by atoms with E-state index in [-0.39, 0.29) is 17.7 Å². The van der Waals surface area contributed by atoms with Crippen molar-refractivity contribution in [2.45, 2.75) is 18.0 Å². The largest absolute Gasteiger partial charge is 0.434 e. The second-order valence-electron chi connectivity index (χ2n) is 9.47. The van der Waals surface area contributed by atoms with Crippen molar-refractivity contribution in [2.24, 2.45) is 0 Å². The molecule has 3 aromatic carbocycles. The molecule has 4 heterocycles. The Kier molecular flexibility index (Phi) is 5.08. The van der Waals surface area contributed by atoms with Gasteiger partial charge in [0.2, 0.25) is 5.89 Å². The van der Waals surface area contributed by atoms with E-state index in [9.17, 15) is 14.4 Å². The average molecular weight is 518 g/mol. The lowest BCUT2D eigenvalue weighted by molar-refractivity contribution is 0.284. The molecule has 0 spiro atoms. The molecule has 0 saturated heterocycles. The van der Waals surface area contributed by atoms with E-state index in [0.717, 1.165) is 39.0 Å². The molecule has 9 nitrogen and oxygen atoms in total. The molecule has 0 radical (unpaired) electrons. The van der Waals surface area contributed by atoms with Gasteiger partial charge in [0.15, 0.2) is 5.54 Å². The summed E-state index contributed by atoms with van der Waals surface area (Å²) in [7, 11) is 0. The lowest BCUT2D eigenvalue weighted by atomic mass is 9.78. The van der Waals surface area contributed by atoms with E-state index in [1.54, 1.807) is 30.5 Å². The van der Waals surface area contributed by atoms with Crippen molar-refractivity contribution in [3.8, 4) is 17.3 Å². The summed E-state index contributed by atoms with van der Waals surface area (Å²) in [4.78, 5) is 23.8. The number of fused-ring (bicyclic) bond motifs is 3. The molecule has 10 heteroatoms. The van der Waals surface area contributed by atoms with Crippen LogP contribution in [-0.4, -0.2) is 25.1 Å². The monoisotopic (exact) mass is 517 g/mol. The fourth-order valence-electron chi connectivity index (χ4n) is 5.48. The van der Waals surface area contributed by atoms with Gasteiger partial charge in [-0.25, -0.2) is 19.3 Å². The highest BCUT2D eigenvalue weighted by Crippen LogP contribution is 2.45. The Morgan fingerprint density at radius 2 is 1.82 bits per heavy atom. The van der Waals surface area contributed by atoms with Gasteiger partial charge in [-0.05, 0) is 65.6 Å². The van der Waals surface area contributed by atoms with E-state index in [1.807, 2.05) is 36.4 Å². The maximum atomic E-state index is 13.5. The first-order valence-electron chi connectivity index (χ1n) is 12.3. The molecule has 190 valence electrons. The Morgan fingerprint density at radius 3 is 2.56 bits per heavy atom. The number of imidazole rings is 1. The Bertz CT molecular complexity index is 1930. The molecule has 0 aliphatic carbocycles. The van der Waals surface area contributed by atoms with Gasteiger partial charge in [0.05, 0.1) is 35.3 Å². The number of para-hydroxylation sites is 1. The Hall–Kier alpha value is -5.27. The number of halogens is 1. The van der Waals surface area contributed by atoms with E-state index in [4.69, 9.17) is 4.42 Å². The number of aromatic nitrogens is 5. The van der Waals surface area contributed by atoms with Crippen LogP contribution < -0.4 is 11.1 Å². The number of H-pyrrole nitrogens is 3. The molecule has 0 bridgehead atoms. The minimum Gasteiger partial charge on any atom is -0.390 e. The van der Waals surface area contributed by atoms with Crippen molar-refractivity contribution in [1.82, 2.24) is 30.5 Å². The molecule has 0 amide bonds. The van der Waals surface area contributed by atoms with Crippen LogP contribution in [0.1, 0.15) is 40.1 Å². The number of nitrogens with one attached hydrogen (secondary N) is 4. The molecule has 6 aromatic rings.